The van der Waals surface area contributed by atoms with Crippen LogP contribution in [0.3, 0.4) is 0 Å². The first-order valence-corrected chi connectivity index (χ1v) is 11.8. The van der Waals surface area contributed by atoms with Crippen molar-refractivity contribution in [2.45, 2.75) is 43.4 Å². The molecule has 0 N–H and O–H groups in total. The Balaban J connectivity index is 1.74. The fourth-order valence-corrected chi connectivity index (χ4v) is 7.74. The minimum absolute atomic E-state index is 0.123. The molecule has 28 heavy (non-hydrogen) atoms. The zero-order chi connectivity index (χ0) is 19.5. The summed E-state index contributed by atoms with van der Waals surface area (Å²) in [5.74, 6) is 4.93. The highest BCUT2D eigenvalue weighted by atomic mass is 79.9. The van der Waals surface area contributed by atoms with E-state index in [9.17, 15) is 0 Å². The van der Waals surface area contributed by atoms with Crippen LogP contribution in [-0.2, 0) is 5.41 Å². The molecule has 5 atom stereocenters. The first kappa shape index (κ1) is 19.0. The minimum atomic E-state index is 0.123. The van der Waals surface area contributed by atoms with Gasteiger partial charge < -0.3 is 9.47 Å². The third-order valence-electron chi connectivity index (χ3n) is 7.54. The van der Waals surface area contributed by atoms with E-state index in [0.717, 1.165) is 38.2 Å². The number of ether oxygens (including phenoxy) is 2. The molecule has 0 saturated heterocycles. The summed E-state index contributed by atoms with van der Waals surface area (Å²) in [4.78, 5) is 0. The monoisotopic (exact) mass is 504 g/mol. The zero-order valence-corrected chi connectivity index (χ0v) is 19.6. The molecule has 4 bridgehead atoms. The van der Waals surface area contributed by atoms with Crippen molar-refractivity contribution in [1.82, 2.24) is 0 Å². The average molecular weight is 506 g/mol. The van der Waals surface area contributed by atoms with Gasteiger partial charge in [-0.05, 0) is 91.8 Å². The third kappa shape index (κ3) is 2.86. The maximum absolute atomic E-state index is 5.89. The molecule has 0 radical (unpaired) electrons. The zero-order valence-electron chi connectivity index (χ0n) is 16.4. The largest absolute Gasteiger partial charge is 0.496 e. The summed E-state index contributed by atoms with van der Waals surface area (Å²) < 4.78 is 14.0. The molecular formula is C24H26Br2O2. The Kier molecular flexibility index (Phi) is 4.78. The van der Waals surface area contributed by atoms with Gasteiger partial charge in [0.05, 0.1) is 14.2 Å². The van der Waals surface area contributed by atoms with Crippen LogP contribution >= 0.6 is 31.9 Å². The SMILES string of the molecule is COc1ccc(Br)cc1[C@H]1C2CC3C[C@@H](C2)CC1(c1cc(Br)ccc1OC)C3. The van der Waals surface area contributed by atoms with Crippen LogP contribution in [0, 0.1) is 17.8 Å². The Morgan fingerprint density at radius 1 is 0.821 bits per heavy atom. The van der Waals surface area contributed by atoms with E-state index in [1.807, 2.05) is 7.11 Å². The highest BCUT2D eigenvalue weighted by Crippen LogP contribution is 2.68. The number of hydrogen-bond donors (Lipinski definition) is 0. The molecule has 0 amide bonds. The molecule has 0 heterocycles. The lowest BCUT2D eigenvalue weighted by Gasteiger charge is -2.62. The van der Waals surface area contributed by atoms with Crippen LogP contribution in [0.5, 0.6) is 11.5 Å². The number of hydrogen-bond acceptors (Lipinski definition) is 2. The first-order chi connectivity index (χ1) is 13.5. The van der Waals surface area contributed by atoms with E-state index in [1.165, 1.54) is 43.2 Å². The van der Waals surface area contributed by atoms with E-state index >= 15 is 0 Å². The molecule has 3 unspecified atom stereocenters. The van der Waals surface area contributed by atoms with E-state index in [1.54, 1.807) is 7.11 Å². The smallest absolute Gasteiger partial charge is 0.122 e. The Hall–Kier alpha value is -1.00. The van der Waals surface area contributed by atoms with E-state index in [4.69, 9.17) is 9.47 Å². The number of halogens is 2. The fraction of sp³-hybridized carbons (Fsp3) is 0.500. The lowest BCUT2D eigenvalue weighted by atomic mass is 9.42. The highest BCUT2D eigenvalue weighted by molar-refractivity contribution is 9.10. The molecule has 0 spiro atoms. The summed E-state index contributed by atoms with van der Waals surface area (Å²) in [6, 6.07) is 13.1. The van der Waals surface area contributed by atoms with Crippen LogP contribution in [0.2, 0.25) is 0 Å². The predicted molar refractivity (Wildman–Crippen MR) is 119 cm³/mol. The van der Waals surface area contributed by atoms with Crippen LogP contribution in [0.4, 0.5) is 0 Å². The number of benzene rings is 2. The van der Waals surface area contributed by atoms with Crippen molar-refractivity contribution in [2.75, 3.05) is 14.2 Å². The topological polar surface area (TPSA) is 18.5 Å². The molecular weight excluding hydrogens is 480 g/mol. The molecule has 2 aromatic rings. The Bertz CT molecular complexity index is 895. The van der Waals surface area contributed by atoms with Crippen molar-refractivity contribution in [3.8, 4) is 11.5 Å². The second kappa shape index (κ2) is 7.05. The maximum Gasteiger partial charge on any atom is 0.122 e. The van der Waals surface area contributed by atoms with Crippen molar-refractivity contribution >= 4 is 31.9 Å². The quantitative estimate of drug-likeness (QED) is 0.441. The molecule has 4 saturated carbocycles. The van der Waals surface area contributed by atoms with Crippen molar-refractivity contribution < 1.29 is 9.47 Å². The van der Waals surface area contributed by atoms with Gasteiger partial charge >= 0.3 is 0 Å². The molecule has 0 aliphatic heterocycles. The number of methoxy groups -OCH3 is 2. The van der Waals surface area contributed by atoms with E-state index < -0.39 is 0 Å². The Morgan fingerprint density at radius 3 is 2.07 bits per heavy atom. The lowest BCUT2D eigenvalue weighted by Crippen LogP contribution is -2.54. The molecule has 4 aliphatic carbocycles. The molecule has 4 fully saturated rings. The summed E-state index contributed by atoms with van der Waals surface area (Å²) >= 11 is 7.45. The van der Waals surface area contributed by atoms with Crippen molar-refractivity contribution in [3.05, 3.63) is 56.5 Å². The summed E-state index contributed by atoms with van der Waals surface area (Å²) in [5, 5.41) is 0. The average Bonchev–Trinajstić information content (AvgIpc) is 2.67. The van der Waals surface area contributed by atoms with Crippen LogP contribution in [0.25, 0.3) is 0 Å². The van der Waals surface area contributed by atoms with Gasteiger partial charge in [0, 0.05) is 25.8 Å². The fourth-order valence-electron chi connectivity index (χ4n) is 7.00. The highest BCUT2D eigenvalue weighted by Gasteiger charge is 2.59. The summed E-state index contributed by atoms with van der Waals surface area (Å²) in [6.07, 6.45) is 6.64. The van der Waals surface area contributed by atoms with Crippen LogP contribution in [-0.4, -0.2) is 14.2 Å². The molecule has 2 nitrogen and oxygen atoms in total. The van der Waals surface area contributed by atoms with Gasteiger partial charge in [-0.25, -0.2) is 0 Å². The summed E-state index contributed by atoms with van der Waals surface area (Å²) in [5.41, 5.74) is 2.87. The van der Waals surface area contributed by atoms with E-state index in [0.29, 0.717) is 5.92 Å². The van der Waals surface area contributed by atoms with Gasteiger partial charge in [0.15, 0.2) is 0 Å². The molecule has 2 aromatic carbocycles. The third-order valence-corrected chi connectivity index (χ3v) is 8.52. The molecule has 4 heteroatoms. The predicted octanol–water partition coefficient (Wildman–Crippen LogP) is 7.09. The van der Waals surface area contributed by atoms with Crippen molar-refractivity contribution in [1.29, 1.82) is 0 Å². The van der Waals surface area contributed by atoms with Gasteiger partial charge in [0.1, 0.15) is 11.5 Å². The van der Waals surface area contributed by atoms with Gasteiger partial charge in [-0.3, -0.25) is 0 Å². The standard InChI is InChI=1S/C24H26Br2O2/c1-27-21-5-3-17(25)10-19(21)23-16-8-14-7-15(9-16)13-24(23,12-14)20-11-18(26)4-6-22(20)28-2/h3-6,10-11,14-16,23H,7-9,12-13H2,1-2H3/t14-,15?,16?,23+,24?/m0/s1. The minimum Gasteiger partial charge on any atom is -0.496 e. The number of rotatable bonds is 4. The van der Waals surface area contributed by atoms with Gasteiger partial charge in [0.2, 0.25) is 0 Å². The van der Waals surface area contributed by atoms with Gasteiger partial charge in [-0.1, -0.05) is 31.9 Å². The molecule has 4 aliphatic rings. The van der Waals surface area contributed by atoms with Crippen molar-refractivity contribution in [3.63, 3.8) is 0 Å². The van der Waals surface area contributed by atoms with E-state index in [2.05, 4.69) is 68.3 Å². The Morgan fingerprint density at radius 2 is 1.43 bits per heavy atom. The van der Waals surface area contributed by atoms with Gasteiger partial charge in [-0.2, -0.15) is 0 Å². The summed E-state index contributed by atoms with van der Waals surface area (Å²) in [6.45, 7) is 0. The normalized spacial score (nSPS) is 33.1. The lowest BCUT2D eigenvalue weighted by molar-refractivity contribution is -0.0296. The van der Waals surface area contributed by atoms with Crippen LogP contribution in [0.15, 0.2) is 45.3 Å². The van der Waals surface area contributed by atoms with Gasteiger partial charge in [-0.15, -0.1) is 0 Å². The van der Waals surface area contributed by atoms with E-state index in [-0.39, 0.29) is 5.41 Å². The van der Waals surface area contributed by atoms with Crippen molar-refractivity contribution in [2.24, 2.45) is 17.8 Å². The molecule has 148 valence electrons. The van der Waals surface area contributed by atoms with Gasteiger partial charge in [0.25, 0.3) is 0 Å². The Labute approximate surface area is 184 Å². The molecule has 6 rings (SSSR count). The first-order valence-electron chi connectivity index (χ1n) is 10.2. The van der Waals surface area contributed by atoms with Crippen LogP contribution < -0.4 is 9.47 Å². The van der Waals surface area contributed by atoms with Crippen LogP contribution in [0.1, 0.15) is 49.1 Å². The second-order valence-electron chi connectivity index (χ2n) is 8.97. The maximum atomic E-state index is 5.89. The second-order valence-corrected chi connectivity index (χ2v) is 10.8. The molecule has 0 aromatic heterocycles. The summed E-state index contributed by atoms with van der Waals surface area (Å²) in [7, 11) is 3.61.